The number of nitrogens with zero attached hydrogens (tertiary/aromatic N) is 2. The Morgan fingerprint density at radius 2 is 1.35 bits per heavy atom. The number of anilines is 3. The predicted octanol–water partition coefficient (Wildman–Crippen LogP) is 9.95. The third-order valence-corrected chi connectivity index (χ3v) is 11.3. The molecule has 0 radical (unpaired) electrons. The van der Waals surface area contributed by atoms with Gasteiger partial charge in [-0.2, -0.15) is 0 Å². The Hall–Kier alpha value is -5.84. The van der Waals surface area contributed by atoms with Crippen LogP contribution in [0.5, 0.6) is 0 Å². The Morgan fingerprint density at radius 3 is 2.21 bits per heavy atom. The third kappa shape index (κ3) is 3.47. The highest BCUT2D eigenvalue weighted by Crippen LogP contribution is 2.48. The fourth-order valence-corrected chi connectivity index (χ4v) is 9.45. The molecule has 0 spiro atoms. The van der Waals surface area contributed by atoms with Crippen molar-refractivity contribution in [2.75, 3.05) is 4.90 Å². The number of hydrogen-bond acceptors (Lipinski definition) is 2. The van der Waals surface area contributed by atoms with Gasteiger partial charge in [0.1, 0.15) is 0 Å². The molecule has 222 valence electrons. The lowest BCUT2D eigenvalue weighted by Crippen LogP contribution is -2.59. The second-order valence-corrected chi connectivity index (χ2v) is 13.6. The highest BCUT2D eigenvalue weighted by molar-refractivity contribution is 7.33. The van der Waals surface area contributed by atoms with Gasteiger partial charge in [0, 0.05) is 42.7 Å². The summed E-state index contributed by atoms with van der Waals surface area (Å²) in [6.07, 6.45) is 0. The van der Waals surface area contributed by atoms with Crippen LogP contribution in [0.25, 0.3) is 59.8 Å². The first kappa shape index (κ1) is 21.9. The van der Waals surface area contributed by atoms with E-state index in [9.17, 15) is 2.74 Å². The van der Waals surface area contributed by atoms with Crippen molar-refractivity contribution in [3.05, 3.63) is 164 Å². The lowest BCUT2D eigenvalue weighted by atomic mass is 9.36. The molecule has 0 amide bonds. The summed E-state index contributed by atoms with van der Waals surface area (Å²) in [5.74, 6) is 0. The van der Waals surface area contributed by atoms with Gasteiger partial charge in [-0.05, 0) is 75.6 Å². The third-order valence-electron chi connectivity index (χ3n) is 10.0. The second kappa shape index (κ2) is 9.84. The fourth-order valence-electron chi connectivity index (χ4n) is 8.15. The van der Waals surface area contributed by atoms with E-state index < -0.39 is 6.04 Å². The molecule has 0 atom stereocenters. The largest absolute Gasteiger partial charge is 0.311 e. The first-order chi connectivity index (χ1) is 25.9. The van der Waals surface area contributed by atoms with E-state index in [-0.39, 0.29) is 36.4 Å². The first-order valence-corrected chi connectivity index (χ1v) is 17.0. The van der Waals surface area contributed by atoms with Crippen LogP contribution in [0, 0.1) is 0 Å². The molecule has 0 N–H and O–H groups in total. The topological polar surface area (TPSA) is 8.17 Å². The maximum atomic E-state index is 9.20. The van der Waals surface area contributed by atoms with Gasteiger partial charge in [0.2, 0.25) is 0 Å². The van der Waals surface area contributed by atoms with E-state index in [2.05, 4.69) is 113 Å². The molecule has 0 saturated carbocycles. The number of para-hydroxylation sites is 3. The van der Waals surface area contributed by atoms with Crippen LogP contribution in [0.1, 0.15) is 6.85 Å². The SMILES string of the molecule is [2H]c1c([2H])c([2H])c(-c2cc3c4c5c2c2ccccc2n5-c2c(sc5ccc(-c6ccccc6)cc25)B4c2ccccc2N3c2ccccc2)c([2H])c1[2H]. The van der Waals surface area contributed by atoms with Gasteiger partial charge in [0.05, 0.1) is 23.6 Å². The Balaban J connectivity index is 1.37. The summed E-state index contributed by atoms with van der Waals surface area (Å²) in [5.41, 5.74) is 11.6. The summed E-state index contributed by atoms with van der Waals surface area (Å²) < 4.78 is 49.1. The molecule has 2 aromatic heterocycles. The van der Waals surface area contributed by atoms with Crippen molar-refractivity contribution in [2.45, 2.75) is 0 Å². The number of fused-ring (bicyclic) bond motifs is 10. The Morgan fingerprint density at radius 1 is 0.604 bits per heavy atom. The number of benzene rings is 7. The van der Waals surface area contributed by atoms with E-state index in [1.807, 2.05) is 41.7 Å². The zero-order valence-corrected chi connectivity index (χ0v) is 26.4. The molecule has 7 aromatic carbocycles. The summed E-state index contributed by atoms with van der Waals surface area (Å²) in [4.78, 5) is 2.28. The summed E-state index contributed by atoms with van der Waals surface area (Å²) >= 11 is 1.84. The van der Waals surface area contributed by atoms with Crippen molar-refractivity contribution in [2.24, 2.45) is 0 Å². The normalized spacial score (nSPS) is 14.4. The van der Waals surface area contributed by atoms with Crippen LogP contribution in [0.2, 0.25) is 0 Å². The monoisotopic (exact) mass is 631 g/mol. The van der Waals surface area contributed by atoms with Crippen molar-refractivity contribution >= 4 is 82.7 Å². The van der Waals surface area contributed by atoms with Crippen LogP contribution in [-0.2, 0) is 0 Å². The highest BCUT2D eigenvalue weighted by atomic mass is 32.1. The van der Waals surface area contributed by atoms with Gasteiger partial charge in [-0.3, -0.25) is 0 Å². The van der Waals surface area contributed by atoms with Crippen LogP contribution < -0.4 is 20.6 Å². The van der Waals surface area contributed by atoms with Gasteiger partial charge in [-0.25, -0.2) is 0 Å². The number of aromatic nitrogens is 1. The van der Waals surface area contributed by atoms with E-state index in [4.69, 9.17) is 4.11 Å². The maximum absolute atomic E-state index is 9.20. The molecular formula is C44H27BN2S. The minimum Gasteiger partial charge on any atom is -0.311 e. The summed E-state index contributed by atoms with van der Waals surface area (Å²) in [6.45, 7) is -0.0952. The van der Waals surface area contributed by atoms with Crippen molar-refractivity contribution in [3.8, 4) is 27.9 Å². The van der Waals surface area contributed by atoms with Crippen LogP contribution in [0.4, 0.5) is 17.1 Å². The Kier molecular flexibility index (Phi) is 4.48. The van der Waals surface area contributed by atoms with E-state index in [1.54, 1.807) is 0 Å². The molecule has 0 unspecified atom stereocenters. The van der Waals surface area contributed by atoms with Crippen molar-refractivity contribution < 1.29 is 6.85 Å². The van der Waals surface area contributed by atoms with E-state index >= 15 is 0 Å². The van der Waals surface area contributed by atoms with Gasteiger partial charge in [-0.15, -0.1) is 11.3 Å². The number of thiophene rings is 1. The number of hydrogen-bond donors (Lipinski definition) is 0. The van der Waals surface area contributed by atoms with Crippen LogP contribution >= 0.6 is 11.3 Å². The zero-order valence-electron chi connectivity index (χ0n) is 30.6. The zero-order chi connectivity index (χ0) is 35.7. The van der Waals surface area contributed by atoms with Crippen molar-refractivity contribution in [3.63, 3.8) is 0 Å². The van der Waals surface area contributed by atoms with E-state index in [0.29, 0.717) is 5.56 Å². The van der Waals surface area contributed by atoms with Gasteiger partial charge in [0.15, 0.2) is 0 Å². The summed E-state index contributed by atoms with van der Waals surface area (Å²) in [6, 6.07) is 45.1. The summed E-state index contributed by atoms with van der Waals surface area (Å²) in [7, 11) is 0. The molecule has 48 heavy (non-hydrogen) atoms. The molecule has 2 aliphatic rings. The molecule has 9 aromatic rings. The second-order valence-electron chi connectivity index (χ2n) is 12.5. The van der Waals surface area contributed by atoms with Gasteiger partial charge < -0.3 is 9.47 Å². The Bertz CT molecular complexity index is 3000. The van der Waals surface area contributed by atoms with E-state index in [1.165, 1.54) is 14.9 Å². The van der Waals surface area contributed by atoms with Crippen molar-refractivity contribution in [1.82, 2.24) is 4.57 Å². The predicted molar refractivity (Wildman–Crippen MR) is 206 cm³/mol. The lowest BCUT2D eigenvalue weighted by molar-refractivity contribution is 1.21. The molecule has 2 nitrogen and oxygen atoms in total. The highest BCUT2D eigenvalue weighted by Gasteiger charge is 2.44. The van der Waals surface area contributed by atoms with Gasteiger partial charge in [0.25, 0.3) is 6.71 Å². The minimum absolute atomic E-state index is 0.0952. The Labute approximate surface area is 289 Å². The van der Waals surface area contributed by atoms with Crippen molar-refractivity contribution in [1.29, 1.82) is 0 Å². The lowest BCUT2D eigenvalue weighted by Gasteiger charge is -2.39. The molecule has 0 saturated heterocycles. The molecule has 0 aliphatic carbocycles. The summed E-state index contributed by atoms with van der Waals surface area (Å²) in [5, 5.41) is 3.03. The minimum atomic E-state index is -0.398. The van der Waals surface area contributed by atoms with Crippen LogP contribution in [0.3, 0.4) is 0 Å². The molecule has 0 fully saturated rings. The van der Waals surface area contributed by atoms with E-state index in [0.717, 1.165) is 66.5 Å². The quantitative estimate of drug-likeness (QED) is 0.176. The van der Waals surface area contributed by atoms with Gasteiger partial charge >= 0.3 is 0 Å². The smallest absolute Gasteiger partial charge is 0.264 e. The van der Waals surface area contributed by atoms with Gasteiger partial charge in [-0.1, -0.05) is 121 Å². The number of rotatable bonds is 3. The average Bonchev–Trinajstić information content (AvgIpc) is 3.75. The first-order valence-electron chi connectivity index (χ1n) is 18.7. The van der Waals surface area contributed by atoms with Crippen LogP contribution in [0.15, 0.2) is 164 Å². The molecule has 4 heterocycles. The molecule has 4 heteroatoms. The van der Waals surface area contributed by atoms with Crippen LogP contribution in [-0.4, -0.2) is 11.3 Å². The molecule has 0 bridgehead atoms. The average molecular weight is 632 g/mol. The molecular weight excluding hydrogens is 599 g/mol. The molecule has 11 rings (SSSR count). The molecule has 2 aliphatic heterocycles. The standard InChI is InChI=1S/C44H27BN2S/c1-4-14-28(15-5-1)30-24-25-39-34(26-30)42-44(48-39)45-35-21-11-13-23-37(35)46(31-18-8-3-9-19-31)38-27-33(29-16-6-2-7-17-29)40-32-20-10-12-22-36(32)47(42)43(40)41(38)45/h1-27H/i2D,6D,7D,16D,17D. The fraction of sp³-hybridized carbons (Fsp3) is 0. The maximum Gasteiger partial charge on any atom is 0.264 e.